The first-order chi connectivity index (χ1) is 18.4. The lowest BCUT2D eigenvalue weighted by Crippen LogP contribution is -2.38. The molecule has 3 aromatic rings. The van der Waals surface area contributed by atoms with E-state index in [2.05, 4.69) is 9.88 Å². The number of halogens is 1. The second kappa shape index (κ2) is 11.5. The first-order valence-electron chi connectivity index (χ1n) is 13.0. The van der Waals surface area contributed by atoms with Crippen molar-refractivity contribution >= 4 is 11.6 Å². The summed E-state index contributed by atoms with van der Waals surface area (Å²) in [7, 11) is 0. The number of hydrogen-bond donors (Lipinski definition) is 3. The van der Waals surface area contributed by atoms with E-state index in [0.717, 1.165) is 32.5 Å². The molecule has 0 aliphatic carbocycles. The Morgan fingerprint density at radius 2 is 1.68 bits per heavy atom. The first-order valence-corrected chi connectivity index (χ1v) is 13.0. The van der Waals surface area contributed by atoms with Crippen molar-refractivity contribution in [1.82, 2.24) is 9.88 Å². The molecule has 10 heteroatoms. The number of nitrogens with zero attached hydrogens (tertiary/aromatic N) is 3. The van der Waals surface area contributed by atoms with E-state index in [4.69, 9.17) is 14.9 Å². The van der Waals surface area contributed by atoms with Crippen LogP contribution in [0.4, 0.5) is 10.1 Å². The van der Waals surface area contributed by atoms with Gasteiger partial charge in [0.15, 0.2) is 11.5 Å². The van der Waals surface area contributed by atoms with E-state index >= 15 is 4.39 Å². The smallest absolute Gasteiger partial charge is 0.271 e. The van der Waals surface area contributed by atoms with Crippen LogP contribution in [-0.2, 0) is 0 Å². The SMILES string of the molecule is NC(=O)c1nc(-c2c(F)cccc2N2CCC(O)CC2)oc1-c1ccc(OCCN2CCC(O)CC2)cc1. The van der Waals surface area contributed by atoms with Crippen LogP contribution in [0.5, 0.6) is 5.75 Å². The van der Waals surface area contributed by atoms with Gasteiger partial charge in [-0.3, -0.25) is 9.69 Å². The number of aromatic nitrogens is 1. The maximum Gasteiger partial charge on any atom is 0.271 e. The fourth-order valence-corrected chi connectivity index (χ4v) is 5.02. The minimum Gasteiger partial charge on any atom is -0.492 e. The molecule has 2 aliphatic heterocycles. The molecule has 3 heterocycles. The van der Waals surface area contributed by atoms with Gasteiger partial charge in [-0.25, -0.2) is 9.37 Å². The van der Waals surface area contributed by atoms with Gasteiger partial charge in [0.1, 0.15) is 18.2 Å². The minimum atomic E-state index is -0.777. The Morgan fingerprint density at radius 3 is 2.34 bits per heavy atom. The molecule has 1 amide bonds. The number of piperidine rings is 2. The molecule has 2 aliphatic rings. The molecule has 0 atom stereocenters. The van der Waals surface area contributed by atoms with E-state index in [-0.39, 0.29) is 35.1 Å². The number of rotatable bonds is 8. The summed E-state index contributed by atoms with van der Waals surface area (Å²) in [6.07, 6.45) is 2.15. The number of ether oxygens (including phenoxy) is 1. The molecular weight excluding hydrogens is 491 g/mol. The highest BCUT2D eigenvalue weighted by molar-refractivity contribution is 5.97. The molecule has 2 saturated heterocycles. The monoisotopic (exact) mass is 524 g/mol. The van der Waals surface area contributed by atoms with Gasteiger partial charge in [0.25, 0.3) is 5.91 Å². The summed E-state index contributed by atoms with van der Waals surface area (Å²) < 4.78 is 27.0. The quantitative estimate of drug-likeness (QED) is 0.411. The number of amides is 1. The Kier molecular flexibility index (Phi) is 7.92. The molecule has 38 heavy (non-hydrogen) atoms. The zero-order valence-electron chi connectivity index (χ0n) is 21.2. The third kappa shape index (κ3) is 5.82. The van der Waals surface area contributed by atoms with E-state index in [1.807, 2.05) is 4.90 Å². The van der Waals surface area contributed by atoms with Gasteiger partial charge in [-0.1, -0.05) is 6.07 Å². The van der Waals surface area contributed by atoms with Crippen molar-refractivity contribution in [3.8, 4) is 28.5 Å². The number of benzene rings is 2. The maximum atomic E-state index is 15.1. The first kappa shape index (κ1) is 26.1. The molecule has 0 bridgehead atoms. The zero-order chi connectivity index (χ0) is 26.6. The number of oxazole rings is 1. The average molecular weight is 525 g/mol. The molecule has 0 spiro atoms. The Labute approximate surface area is 220 Å². The van der Waals surface area contributed by atoms with Crippen LogP contribution < -0.4 is 15.4 Å². The van der Waals surface area contributed by atoms with Crippen molar-refractivity contribution in [3.63, 3.8) is 0 Å². The van der Waals surface area contributed by atoms with Gasteiger partial charge in [-0.05, 0) is 62.1 Å². The van der Waals surface area contributed by atoms with Gasteiger partial charge in [-0.15, -0.1) is 0 Å². The Morgan fingerprint density at radius 1 is 1.03 bits per heavy atom. The number of aliphatic hydroxyl groups is 2. The highest BCUT2D eigenvalue weighted by Crippen LogP contribution is 2.38. The van der Waals surface area contributed by atoms with E-state index in [0.29, 0.717) is 49.5 Å². The predicted octanol–water partition coefficient (Wildman–Crippen LogP) is 3.04. The third-order valence-corrected chi connectivity index (χ3v) is 7.22. The predicted molar refractivity (Wildman–Crippen MR) is 140 cm³/mol. The van der Waals surface area contributed by atoms with Crippen molar-refractivity contribution < 1.29 is 28.6 Å². The lowest BCUT2D eigenvalue weighted by molar-refractivity contribution is 0.0755. The van der Waals surface area contributed by atoms with Gasteiger partial charge < -0.3 is 30.0 Å². The normalized spacial score (nSPS) is 17.6. The van der Waals surface area contributed by atoms with Crippen molar-refractivity contribution in [3.05, 3.63) is 54.0 Å². The molecule has 9 nitrogen and oxygen atoms in total. The molecule has 5 rings (SSSR count). The molecule has 0 unspecified atom stereocenters. The molecule has 2 aromatic carbocycles. The van der Waals surface area contributed by atoms with Crippen molar-refractivity contribution in [2.24, 2.45) is 5.73 Å². The molecule has 202 valence electrons. The number of anilines is 1. The number of primary amides is 1. The van der Waals surface area contributed by atoms with Gasteiger partial charge in [-0.2, -0.15) is 0 Å². The molecule has 1 aromatic heterocycles. The molecule has 0 saturated carbocycles. The minimum absolute atomic E-state index is 0.0278. The molecular formula is C28H33FN4O5. The fourth-order valence-electron chi connectivity index (χ4n) is 5.02. The Hall–Kier alpha value is -3.47. The maximum absolute atomic E-state index is 15.1. The largest absolute Gasteiger partial charge is 0.492 e. The number of aliphatic hydroxyl groups excluding tert-OH is 2. The molecule has 0 radical (unpaired) electrons. The van der Waals surface area contributed by atoms with Crippen LogP contribution in [0, 0.1) is 5.82 Å². The number of carbonyl (C=O) groups is 1. The van der Waals surface area contributed by atoms with Crippen LogP contribution in [0.25, 0.3) is 22.8 Å². The van der Waals surface area contributed by atoms with Gasteiger partial charge in [0, 0.05) is 38.3 Å². The summed E-state index contributed by atoms with van der Waals surface area (Å²) in [6.45, 7) is 4.13. The Bertz CT molecular complexity index is 1250. The van der Waals surface area contributed by atoms with Crippen molar-refractivity contribution in [2.45, 2.75) is 37.9 Å². The highest BCUT2D eigenvalue weighted by Gasteiger charge is 2.27. The fraction of sp³-hybridized carbons (Fsp3) is 0.429. The van der Waals surface area contributed by atoms with Crippen LogP contribution >= 0.6 is 0 Å². The summed E-state index contributed by atoms with van der Waals surface area (Å²) in [5.41, 5.74) is 6.84. The highest BCUT2D eigenvalue weighted by atomic mass is 19.1. The number of hydrogen-bond acceptors (Lipinski definition) is 8. The van der Waals surface area contributed by atoms with Crippen LogP contribution in [0.3, 0.4) is 0 Å². The second-order valence-corrected chi connectivity index (χ2v) is 9.86. The third-order valence-electron chi connectivity index (χ3n) is 7.22. The van der Waals surface area contributed by atoms with E-state index in [9.17, 15) is 15.0 Å². The summed E-state index contributed by atoms with van der Waals surface area (Å²) in [6, 6.07) is 11.8. The van der Waals surface area contributed by atoms with Crippen LogP contribution in [0.2, 0.25) is 0 Å². The lowest BCUT2D eigenvalue weighted by Gasteiger charge is -2.32. The summed E-state index contributed by atoms with van der Waals surface area (Å²) in [5, 5.41) is 19.5. The van der Waals surface area contributed by atoms with E-state index in [1.54, 1.807) is 36.4 Å². The van der Waals surface area contributed by atoms with Crippen LogP contribution in [-0.4, -0.2) is 77.5 Å². The topological polar surface area (TPSA) is 125 Å². The van der Waals surface area contributed by atoms with Crippen LogP contribution in [0.1, 0.15) is 36.2 Å². The molecule has 4 N–H and O–H groups in total. The van der Waals surface area contributed by atoms with Gasteiger partial charge in [0.2, 0.25) is 5.89 Å². The standard InChI is InChI=1S/C28H33FN4O5/c29-22-2-1-3-23(33-14-10-20(35)11-15-33)24(22)28-31-25(27(30)36)26(38-28)18-4-6-21(7-5-18)37-17-16-32-12-8-19(34)9-13-32/h1-7,19-20,34-35H,8-17H2,(H2,30,36). The average Bonchev–Trinajstić information content (AvgIpc) is 3.36. The van der Waals surface area contributed by atoms with E-state index < -0.39 is 11.7 Å². The van der Waals surface area contributed by atoms with Gasteiger partial charge in [0.05, 0.1) is 23.5 Å². The summed E-state index contributed by atoms with van der Waals surface area (Å²) >= 11 is 0. The lowest BCUT2D eigenvalue weighted by atomic mass is 10.0. The number of likely N-dealkylation sites (tertiary alicyclic amines) is 1. The summed E-state index contributed by atoms with van der Waals surface area (Å²) in [5.74, 6) is -0.505. The number of carbonyl (C=O) groups excluding carboxylic acids is 1. The van der Waals surface area contributed by atoms with Gasteiger partial charge >= 0.3 is 0 Å². The Balaban J connectivity index is 1.35. The van der Waals surface area contributed by atoms with Crippen molar-refractivity contribution in [1.29, 1.82) is 0 Å². The summed E-state index contributed by atoms with van der Waals surface area (Å²) in [4.78, 5) is 20.8. The zero-order valence-corrected chi connectivity index (χ0v) is 21.2. The second-order valence-electron chi connectivity index (χ2n) is 9.86. The van der Waals surface area contributed by atoms with Crippen LogP contribution in [0.15, 0.2) is 46.9 Å². The number of nitrogens with two attached hydrogens (primary N) is 1. The molecule has 2 fully saturated rings. The van der Waals surface area contributed by atoms with E-state index in [1.165, 1.54) is 6.07 Å². The van der Waals surface area contributed by atoms with Crippen molar-refractivity contribution in [2.75, 3.05) is 44.2 Å².